The first kappa shape index (κ1) is 17.2. The Morgan fingerprint density at radius 1 is 1.35 bits per heavy atom. The summed E-state index contributed by atoms with van der Waals surface area (Å²) in [6, 6.07) is 1.48. The molecule has 2 N–H and O–H groups in total. The van der Waals surface area contributed by atoms with Gasteiger partial charge in [0.1, 0.15) is 0 Å². The standard InChI is InChI=1S/C17H26N4O2/c1-11-13(6-7-15(22)18-9-8-17(3,4)5)12(2)21-14(19-11)10-16(23)20-21/h10H,6-9H2,1-5H3,(H,18,22)(H,20,23). The molecule has 2 heterocycles. The minimum atomic E-state index is -0.169. The zero-order valence-electron chi connectivity index (χ0n) is 14.6. The van der Waals surface area contributed by atoms with Crippen LogP contribution in [0.3, 0.4) is 0 Å². The van der Waals surface area contributed by atoms with E-state index in [2.05, 4.69) is 36.2 Å². The third kappa shape index (κ3) is 4.43. The Hall–Kier alpha value is -2.11. The number of hydrogen-bond donors (Lipinski definition) is 2. The van der Waals surface area contributed by atoms with Crippen molar-refractivity contribution >= 4 is 11.6 Å². The number of aromatic amines is 1. The van der Waals surface area contributed by atoms with E-state index in [1.807, 2.05) is 13.8 Å². The molecule has 0 aliphatic heterocycles. The maximum atomic E-state index is 12.0. The fourth-order valence-electron chi connectivity index (χ4n) is 2.62. The zero-order chi connectivity index (χ0) is 17.2. The van der Waals surface area contributed by atoms with Gasteiger partial charge >= 0.3 is 0 Å². The Kier molecular flexibility index (Phi) is 4.92. The fourth-order valence-corrected chi connectivity index (χ4v) is 2.62. The van der Waals surface area contributed by atoms with E-state index in [9.17, 15) is 9.59 Å². The number of carbonyl (C=O) groups excluding carboxylic acids is 1. The molecule has 6 nitrogen and oxygen atoms in total. The van der Waals surface area contributed by atoms with Crippen LogP contribution in [-0.2, 0) is 11.2 Å². The van der Waals surface area contributed by atoms with Gasteiger partial charge < -0.3 is 5.32 Å². The summed E-state index contributed by atoms with van der Waals surface area (Å²) in [5.74, 6) is 0.0501. The predicted molar refractivity (Wildman–Crippen MR) is 90.7 cm³/mol. The van der Waals surface area contributed by atoms with E-state index in [-0.39, 0.29) is 16.9 Å². The number of nitrogens with one attached hydrogen (secondary N) is 2. The third-order valence-corrected chi connectivity index (χ3v) is 4.00. The van der Waals surface area contributed by atoms with Gasteiger partial charge in [0.25, 0.3) is 5.56 Å². The molecular formula is C17H26N4O2. The van der Waals surface area contributed by atoms with Crippen molar-refractivity contribution in [2.75, 3.05) is 6.54 Å². The number of carbonyl (C=O) groups is 1. The Morgan fingerprint density at radius 2 is 2.04 bits per heavy atom. The Morgan fingerprint density at radius 3 is 2.70 bits per heavy atom. The highest BCUT2D eigenvalue weighted by Crippen LogP contribution is 2.17. The smallest absolute Gasteiger partial charge is 0.266 e. The van der Waals surface area contributed by atoms with Gasteiger partial charge in [0, 0.05) is 30.4 Å². The normalized spacial score (nSPS) is 11.9. The molecule has 2 aromatic rings. The largest absolute Gasteiger partial charge is 0.356 e. The van der Waals surface area contributed by atoms with E-state index in [0.29, 0.717) is 25.0 Å². The van der Waals surface area contributed by atoms with Crippen LogP contribution in [0, 0.1) is 19.3 Å². The molecule has 0 aliphatic rings. The van der Waals surface area contributed by atoms with Crippen molar-refractivity contribution in [1.29, 1.82) is 0 Å². The first-order valence-electron chi connectivity index (χ1n) is 8.02. The van der Waals surface area contributed by atoms with E-state index in [4.69, 9.17) is 0 Å². The van der Waals surface area contributed by atoms with Crippen LogP contribution in [0.5, 0.6) is 0 Å². The third-order valence-electron chi connectivity index (χ3n) is 4.00. The van der Waals surface area contributed by atoms with Crippen molar-refractivity contribution in [2.45, 2.75) is 53.9 Å². The first-order chi connectivity index (χ1) is 10.7. The summed E-state index contributed by atoms with van der Waals surface area (Å²) in [5.41, 5.74) is 3.47. The van der Waals surface area contributed by atoms with Crippen LogP contribution in [0.4, 0.5) is 0 Å². The number of hydrogen-bond acceptors (Lipinski definition) is 3. The SMILES string of the molecule is Cc1nc2cc(=O)[nH]n2c(C)c1CCC(=O)NCCC(C)(C)C. The summed E-state index contributed by atoms with van der Waals surface area (Å²) in [5, 5.41) is 5.70. The van der Waals surface area contributed by atoms with E-state index < -0.39 is 0 Å². The molecule has 0 saturated carbocycles. The van der Waals surface area contributed by atoms with Crippen LogP contribution in [0.15, 0.2) is 10.9 Å². The molecule has 0 spiro atoms. The van der Waals surface area contributed by atoms with Gasteiger partial charge in [-0.3, -0.25) is 14.7 Å². The lowest BCUT2D eigenvalue weighted by atomic mass is 9.92. The zero-order valence-corrected chi connectivity index (χ0v) is 14.6. The number of amides is 1. The minimum Gasteiger partial charge on any atom is -0.356 e. The van der Waals surface area contributed by atoms with Crippen LogP contribution >= 0.6 is 0 Å². The number of rotatable bonds is 5. The Bertz CT molecular complexity index is 765. The molecule has 0 bridgehead atoms. The van der Waals surface area contributed by atoms with Crippen molar-refractivity contribution in [3.8, 4) is 0 Å². The van der Waals surface area contributed by atoms with Gasteiger partial charge in [0.15, 0.2) is 5.65 Å². The minimum absolute atomic E-state index is 0.0501. The van der Waals surface area contributed by atoms with Crippen molar-refractivity contribution < 1.29 is 4.79 Å². The molecule has 0 atom stereocenters. The molecule has 0 radical (unpaired) electrons. The predicted octanol–water partition coefficient (Wildman–Crippen LogP) is 2.12. The lowest BCUT2D eigenvalue weighted by Crippen LogP contribution is -2.27. The van der Waals surface area contributed by atoms with E-state index in [0.717, 1.165) is 23.4 Å². The van der Waals surface area contributed by atoms with Gasteiger partial charge in [-0.25, -0.2) is 9.50 Å². The highest BCUT2D eigenvalue weighted by molar-refractivity contribution is 5.76. The summed E-state index contributed by atoms with van der Waals surface area (Å²) in [6.07, 6.45) is 1.99. The molecule has 2 rings (SSSR count). The summed E-state index contributed by atoms with van der Waals surface area (Å²) < 4.78 is 1.68. The van der Waals surface area contributed by atoms with Crippen LogP contribution in [0.25, 0.3) is 5.65 Å². The maximum Gasteiger partial charge on any atom is 0.266 e. The highest BCUT2D eigenvalue weighted by Gasteiger charge is 2.13. The summed E-state index contributed by atoms with van der Waals surface area (Å²) in [4.78, 5) is 27.9. The maximum absolute atomic E-state index is 12.0. The fraction of sp³-hybridized carbons (Fsp3) is 0.588. The topological polar surface area (TPSA) is 79.3 Å². The molecule has 126 valence electrons. The van der Waals surface area contributed by atoms with Gasteiger partial charge in [-0.1, -0.05) is 20.8 Å². The van der Waals surface area contributed by atoms with E-state index >= 15 is 0 Å². The number of fused-ring (bicyclic) bond motifs is 1. The van der Waals surface area contributed by atoms with Crippen LogP contribution in [0.2, 0.25) is 0 Å². The number of nitrogens with zero attached hydrogens (tertiary/aromatic N) is 2. The second kappa shape index (κ2) is 6.56. The monoisotopic (exact) mass is 318 g/mol. The molecule has 0 saturated heterocycles. The Labute approximate surface area is 136 Å². The lowest BCUT2D eigenvalue weighted by Gasteiger charge is -2.18. The molecular weight excluding hydrogens is 292 g/mol. The number of aromatic nitrogens is 3. The average Bonchev–Trinajstić information content (AvgIpc) is 2.77. The van der Waals surface area contributed by atoms with Gasteiger partial charge in [0.05, 0.1) is 0 Å². The second-order valence-corrected chi connectivity index (χ2v) is 7.24. The molecule has 0 fully saturated rings. The van der Waals surface area contributed by atoms with Crippen LogP contribution in [0.1, 0.15) is 50.6 Å². The molecule has 0 unspecified atom stereocenters. The van der Waals surface area contributed by atoms with Gasteiger partial charge in [-0.15, -0.1) is 0 Å². The summed E-state index contributed by atoms with van der Waals surface area (Å²) in [6.45, 7) is 11.0. The van der Waals surface area contributed by atoms with Gasteiger partial charge in [0.2, 0.25) is 5.91 Å². The number of H-pyrrole nitrogens is 1. The lowest BCUT2D eigenvalue weighted by molar-refractivity contribution is -0.121. The van der Waals surface area contributed by atoms with E-state index in [1.165, 1.54) is 6.07 Å². The quantitative estimate of drug-likeness (QED) is 0.886. The van der Waals surface area contributed by atoms with Gasteiger partial charge in [-0.2, -0.15) is 0 Å². The molecule has 0 aromatic carbocycles. The van der Waals surface area contributed by atoms with Crippen molar-refractivity contribution in [3.05, 3.63) is 33.4 Å². The number of aryl methyl sites for hydroxylation is 2. The Balaban J connectivity index is 2.02. The average molecular weight is 318 g/mol. The second-order valence-electron chi connectivity index (χ2n) is 7.24. The first-order valence-corrected chi connectivity index (χ1v) is 8.02. The van der Waals surface area contributed by atoms with Crippen LogP contribution < -0.4 is 10.9 Å². The van der Waals surface area contributed by atoms with E-state index in [1.54, 1.807) is 4.52 Å². The van der Waals surface area contributed by atoms with Crippen molar-refractivity contribution in [2.24, 2.45) is 5.41 Å². The molecule has 6 heteroatoms. The van der Waals surface area contributed by atoms with Crippen LogP contribution in [-0.4, -0.2) is 27.0 Å². The van der Waals surface area contributed by atoms with Crippen molar-refractivity contribution in [3.63, 3.8) is 0 Å². The molecule has 23 heavy (non-hydrogen) atoms. The summed E-state index contributed by atoms with van der Waals surface area (Å²) >= 11 is 0. The summed E-state index contributed by atoms with van der Waals surface area (Å²) in [7, 11) is 0. The van der Waals surface area contributed by atoms with Gasteiger partial charge in [-0.05, 0) is 37.7 Å². The highest BCUT2D eigenvalue weighted by atomic mass is 16.1. The van der Waals surface area contributed by atoms with Crippen molar-refractivity contribution in [1.82, 2.24) is 19.9 Å². The molecule has 2 aromatic heterocycles. The molecule has 0 aliphatic carbocycles. The molecule has 1 amide bonds.